The summed E-state index contributed by atoms with van der Waals surface area (Å²) in [6.45, 7) is 0. The fraction of sp³-hybridized carbons (Fsp3) is 0. The lowest BCUT2D eigenvalue weighted by Crippen LogP contribution is -1.90. The van der Waals surface area contributed by atoms with Gasteiger partial charge in [-0.15, -0.1) is 11.3 Å². The summed E-state index contributed by atoms with van der Waals surface area (Å²) in [4.78, 5) is 0. The zero-order valence-electron chi connectivity index (χ0n) is 21.3. The summed E-state index contributed by atoms with van der Waals surface area (Å²) in [7, 11) is 0. The maximum atomic E-state index is 2.41. The molecule has 1 aromatic heterocycles. The van der Waals surface area contributed by atoms with Gasteiger partial charge >= 0.3 is 0 Å². The highest BCUT2D eigenvalue weighted by molar-refractivity contribution is 7.26. The van der Waals surface area contributed by atoms with Gasteiger partial charge in [0, 0.05) is 20.2 Å². The lowest BCUT2D eigenvalue weighted by Gasteiger charge is -2.17. The predicted molar refractivity (Wildman–Crippen MR) is 171 cm³/mol. The molecule has 0 saturated carbocycles. The Morgan fingerprint density at radius 3 is 1.49 bits per heavy atom. The van der Waals surface area contributed by atoms with Crippen LogP contribution in [0.3, 0.4) is 0 Å². The average molecular weight is 513 g/mol. The van der Waals surface area contributed by atoms with Crippen LogP contribution in [0.1, 0.15) is 0 Å². The zero-order valence-corrected chi connectivity index (χ0v) is 22.1. The monoisotopic (exact) mass is 512 g/mol. The van der Waals surface area contributed by atoms with E-state index in [1.54, 1.807) is 0 Å². The lowest BCUT2D eigenvalue weighted by atomic mass is 9.86. The van der Waals surface area contributed by atoms with Gasteiger partial charge in [-0.25, -0.2) is 0 Å². The summed E-state index contributed by atoms with van der Waals surface area (Å²) < 4.78 is 2.66. The highest BCUT2D eigenvalue weighted by Gasteiger charge is 2.18. The van der Waals surface area contributed by atoms with Gasteiger partial charge in [0.2, 0.25) is 0 Å². The highest BCUT2D eigenvalue weighted by Crippen LogP contribution is 2.46. The molecule has 0 nitrogen and oxygen atoms in total. The predicted octanol–water partition coefficient (Wildman–Crippen LogP) is 11.4. The van der Waals surface area contributed by atoms with Gasteiger partial charge in [-0.05, 0) is 67.1 Å². The van der Waals surface area contributed by atoms with E-state index in [2.05, 4.69) is 146 Å². The zero-order chi connectivity index (χ0) is 25.8. The van der Waals surface area contributed by atoms with Crippen molar-refractivity contribution < 1.29 is 0 Å². The van der Waals surface area contributed by atoms with E-state index in [9.17, 15) is 0 Å². The molecular weight excluding hydrogens is 488 g/mol. The van der Waals surface area contributed by atoms with Crippen molar-refractivity contribution in [1.82, 2.24) is 0 Å². The molecule has 39 heavy (non-hydrogen) atoms. The van der Waals surface area contributed by atoms with Crippen LogP contribution in [0.2, 0.25) is 0 Å². The summed E-state index contributed by atoms with van der Waals surface area (Å²) in [6, 6.07) is 53.1. The standard InChI is InChI=1S/C38H24S/c1-3-12-25(13-4-1)28-20-11-21-34-38(28)33-23-22-27(24-35(33)39-34)37-31-18-9-7-16-29(31)36(26-14-5-2-6-15-26)30-17-8-10-19-32(30)37/h1-24H. The molecule has 0 aliphatic carbocycles. The molecule has 0 atom stereocenters. The Morgan fingerprint density at radius 2 is 0.872 bits per heavy atom. The molecule has 8 aromatic rings. The van der Waals surface area contributed by atoms with Crippen LogP contribution in [0.5, 0.6) is 0 Å². The number of hydrogen-bond donors (Lipinski definition) is 0. The van der Waals surface area contributed by atoms with Crippen LogP contribution >= 0.6 is 11.3 Å². The molecule has 0 saturated heterocycles. The molecule has 0 spiro atoms. The minimum atomic E-state index is 1.25. The van der Waals surface area contributed by atoms with Crippen LogP contribution in [0.4, 0.5) is 0 Å². The molecule has 0 radical (unpaired) electrons. The third kappa shape index (κ3) is 3.51. The van der Waals surface area contributed by atoms with Gasteiger partial charge in [-0.3, -0.25) is 0 Å². The van der Waals surface area contributed by atoms with Crippen molar-refractivity contribution in [3.8, 4) is 33.4 Å². The Kier molecular flexibility index (Phi) is 5.11. The minimum absolute atomic E-state index is 1.25. The number of benzene rings is 7. The first-order chi connectivity index (χ1) is 19.4. The lowest BCUT2D eigenvalue weighted by molar-refractivity contribution is 1.66. The van der Waals surface area contributed by atoms with Gasteiger partial charge in [-0.1, -0.05) is 133 Å². The number of rotatable bonds is 3. The quantitative estimate of drug-likeness (QED) is 0.207. The Balaban J connectivity index is 1.43. The Labute approximate surface area is 231 Å². The fourth-order valence-electron chi connectivity index (χ4n) is 6.19. The van der Waals surface area contributed by atoms with Crippen molar-refractivity contribution >= 4 is 53.1 Å². The third-order valence-corrected chi connectivity index (χ3v) is 8.98. The summed E-state index contributed by atoms with van der Waals surface area (Å²) in [5.74, 6) is 0. The van der Waals surface area contributed by atoms with Crippen molar-refractivity contribution in [2.45, 2.75) is 0 Å². The van der Waals surface area contributed by atoms with Crippen molar-refractivity contribution in [3.05, 3.63) is 146 Å². The van der Waals surface area contributed by atoms with Crippen molar-refractivity contribution in [2.75, 3.05) is 0 Å². The molecule has 1 heteroatoms. The number of hydrogen-bond acceptors (Lipinski definition) is 1. The first-order valence-corrected chi connectivity index (χ1v) is 14.2. The minimum Gasteiger partial charge on any atom is -0.135 e. The molecule has 182 valence electrons. The van der Waals surface area contributed by atoms with E-state index in [-0.39, 0.29) is 0 Å². The highest BCUT2D eigenvalue weighted by atomic mass is 32.1. The van der Waals surface area contributed by atoms with E-state index in [0.29, 0.717) is 0 Å². The molecule has 0 aliphatic heterocycles. The summed E-state index contributed by atoms with van der Waals surface area (Å²) >= 11 is 1.89. The van der Waals surface area contributed by atoms with Gasteiger partial charge in [0.05, 0.1) is 0 Å². The average Bonchev–Trinajstić information content (AvgIpc) is 3.38. The van der Waals surface area contributed by atoms with Crippen LogP contribution in [0.25, 0.3) is 75.1 Å². The SMILES string of the molecule is c1ccc(-c2c3ccccc3c(-c3ccc4c(c3)sc3cccc(-c5ccccc5)c34)c3ccccc23)cc1. The second-order valence-electron chi connectivity index (χ2n) is 10.1. The number of fused-ring (bicyclic) bond motifs is 5. The molecule has 0 bridgehead atoms. The molecule has 1 heterocycles. The largest absolute Gasteiger partial charge is 0.135 e. The topological polar surface area (TPSA) is 0 Å². The second-order valence-corrected chi connectivity index (χ2v) is 11.1. The first-order valence-electron chi connectivity index (χ1n) is 13.4. The first kappa shape index (κ1) is 22.3. The maximum Gasteiger partial charge on any atom is 0.0361 e. The smallest absolute Gasteiger partial charge is 0.0361 e. The van der Waals surface area contributed by atoms with Crippen LogP contribution in [-0.4, -0.2) is 0 Å². The number of thiophene rings is 1. The van der Waals surface area contributed by atoms with E-state index in [1.165, 1.54) is 75.1 Å². The van der Waals surface area contributed by atoms with Crippen molar-refractivity contribution in [2.24, 2.45) is 0 Å². The summed E-state index contributed by atoms with van der Waals surface area (Å²) in [5.41, 5.74) is 7.70. The molecular formula is C38H24S. The van der Waals surface area contributed by atoms with Crippen LogP contribution in [0, 0.1) is 0 Å². The molecule has 0 fully saturated rings. The van der Waals surface area contributed by atoms with Gasteiger partial charge in [0.1, 0.15) is 0 Å². The fourth-order valence-corrected chi connectivity index (χ4v) is 7.37. The Bertz CT molecular complexity index is 2090. The molecule has 0 aliphatic rings. The molecule has 0 N–H and O–H groups in total. The van der Waals surface area contributed by atoms with Gasteiger partial charge in [0.15, 0.2) is 0 Å². The van der Waals surface area contributed by atoms with E-state index in [0.717, 1.165) is 0 Å². The summed E-state index contributed by atoms with van der Waals surface area (Å²) in [5, 5.41) is 7.85. The van der Waals surface area contributed by atoms with E-state index in [4.69, 9.17) is 0 Å². The molecule has 8 rings (SSSR count). The van der Waals surface area contributed by atoms with Crippen molar-refractivity contribution in [3.63, 3.8) is 0 Å². The second kappa shape index (κ2) is 8.94. The Hall–Kier alpha value is -4.72. The van der Waals surface area contributed by atoms with E-state index < -0.39 is 0 Å². The molecule has 7 aromatic carbocycles. The van der Waals surface area contributed by atoms with Crippen molar-refractivity contribution in [1.29, 1.82) is 0 Å². The van der Waals surface area contributed by atoms with Gasteiger partial charge in [0.25, 0.3) is 0 Å². The van der Waals surface area contributed by atoms with Gasteiger partial charge < -0.3 is 0 Å². The molecule has 0 amide bonds. The maximum absolute atomic E-state index is 2.41. The van der Waals surface area contributed by atoms with Crippen LogP contribution in [0.15, 0.2) is 146 Å². The van der Waals surface area contributed by atoms with Crippen LogP contribution in [-0.2, 0) is 0 Å². The summed E-state index contributed by atoms with van der Waals surface area (Å²) in [6.07, 6.45) is 0. The van der Waals surface area contributed by atoms with E-state index in [1.807, 2.05) is 11.3 Å². The normalized spacial score (nSPS) is 11.6. The third-order valence-electron chi connectivity index (χ3n) is 7.86. The van der Waals surface area contributed by atoms with Crippen LogP contribution < -0.4 is 0 Å². The van der Waals surface area contributed by atoms with E-state index >= 15 is 0 Å². The van der Waals surface area contributed by atoms with Gasteiger partial charge in [-0.2, -0.15) is 0 Å². The Morgan fingerprint density at radius 1 is 0.333 bits per heavy atom. The molecule has 0 unspecified atom stereocenters.